The Hall–Kier alpha value is -2.12. The molecule has 1 heterocycles. The molecule has 0 amide bonds. The largest absolute Gasteiger partial charge is 0.385 e. The molecule has 4 heteroatoms. The van der Waals surface area contributed by atoms with Gasteiger partial charge in [0.25, 0.3) is 0 Å². The maximum atomic E-state index is 8.96. The van der Waals surface area contributed by atoms with E-state index in [-0.39, 0.29) is 0 Å². The van der Waals surface area contributed by atoms with Crippen molar-refractivity contribution in [3.63, 3.8) is 0 Å². The first-order chi connectivity index (χ1) is 9.24. The second kappa shape index (κ2) is 6.17. The van der Waals surface area contributed by atoms with Crippen LogP contribution in [0.15, 0.2) is 30.6 Å². The van der Waals surface area contributed by atoms with E-state index in [9.17, 15) is 0 Å². The van der Waals surface area contributed by atoms with E-state index in [1.54, 1.807) is 7.11 Å². The van der Waals surface area contributed by atoms with Gasteiger partial charge in [-0.15, -0.1) is 0 Å². The number of benzene rings is 1. The third kappa shape index (κ3) is 3.21. The van der Waals surface area contributed by atoms with Crippen molar-refractivity contribution < 1.29 is 4.74 Å². The van der Waals surface area contributed by atoms with E-state index < -0.39 is 0 Å². The average Bonchev–Trinajstić information content (AvgIpc) is 2.88. The third-order valence-corrected chi connectivity index (χ3v) is 3.05. The maximum absolute atomic E-state index is 8.96. The van der Waals surface area contributed by atoms with E-state index in [1.807, 2.05) is 42.2 Å². The number of rotatable bonds is 5. The molecule has 2 rings (SSSR count). The minimum Gasteiger partial charge on any atom is -0.385 e. The Labute approximate surface area is 113 Å². The summed E-state index contributed by atoms with van der Waals surface area (Å²) < 4.78 is 6.94. The van der Waals surface area contributed by atoms with E-state index in [0.717, 1.165) is 36.3 Å². The van der Waals surface area contributed by atoms with Crippen molar-refractivity contribution in [3.8, 4) is 17.2 Å². The molecule has 0 radical (unpaired) electrons. The van der Waals surface area contributed by atoms with Crippen molar-refractivity contribution in [2.24, 2.45) is 0 Å². The first-order valence-electron chi connectivity index (χ1n) is 6.27. The average molecular weight is 255 g/mol. The van der Waals surface area contributed by atoms with Crippen LogP contribution in [0.5, 0.6) is 0 Å². The fourth-order valence-corrected chi connectivity index (χ4v) is 2.00. The highest BCUT2D eigenvalue weighted by Gasteiger charge is 2.06. The topological polar surface area (TPSA) is 50.8 Å². The molecule has 4 nitrogen and oxygen atoms in total. The standard InChI is InChI=1S/C15H17N3O/c1-12-4-5-13(9-16)8-15(12)14-10-17-18(11-14)6-3-7-19-2/h4-5,8,10-11H,3,6-7H2,1-2H3. The Bertz CT molecular complexity index is 596. The Balaban J connectivity index is 2.20. The third-order valence-electron chi connectivity index (χ3n) is 3.05. The van der Waals surface area contributed by atoms with Gasteiger partial charge in [-0.25, -0.2) is 0 Å². The monoisotopic (exact) mass is 255 g/mol. The molecule has 0 aliphatic carbocycles. The minimum atomic E-state index is 0.674. The second-order valence-electron chi connectivity index (χ2n) is 4.48. The lowest BCUT2D eigenvalue weighted by Gasteiger charge is -2.03. The molecule has 0 unspecified atom stereocenters. The number of aryl methyl sites for hydroxylation is 2. The first-order valence-corrected chi connectivity index (χ1v) is 6.27. The van der Waals surface area contributed by atoms with Crippen LogP contribution in [0.1, 0.15) is 17.5 Å². The highest BCUT2D eigenvalue weighted by atomic mass is 16.5. The Morgan fingerprint density at radius 1 is 1.42 bits per heavy atom. The van der Waals surface area contributed by atoms with Gasteiger partial charge < -0.3 is 4.74 Å². The van der Waals surface area contributed by atoms with Crippen LogP contribution in [0.25, 0.3) is 11.1 Å². The molecule has 0 atom stereocenters. The van der Waals surface area contributed by atoms with Crippen molar-refractivity contribution in [2.45, 2.75) is 19.9 Å². The van der Waals surface area contributed by atoms with Crippen LogP contribution in [-0.4, -0.2) is 23.5 Å². The van der Waals surface area contributed by atoms with Crippen molar-refractivity contribution in [1.82, 2.24) is 9.78 Å². The number of hydrogen-bond donors (Lipinski definition) is 0. The normalized spacial score (nSPS) is 10.4. The summed E-state index contributed by atoms with van der Waals surface area (Å²) in [4.78, 5) is 0. The molecule has 0 bridgehead atoms. The Morgan fingerprint density at radius 3 is 3.00 bits per heavy atom. The lowest BCUT2D eigenvalue weighted by molar-refractivity contribution is 0.189. The Morgan fingerprint density at radius 2 is 2.26 bits per heavy atom. The molecular weight excluding hydrogens is 238 g/mol. The Kier molecular flexibility index (Phi) is 4.32. The van der Waals surface area contributed by atoms with Crippen molar-refractivity contribution in [3.05, 3.63) is 41.7 Å². The summed E-state index contributed by atoms with van der Waals surface area (Å²) in [5.41, 5.74) is 3.94. The van der Waals surface area contributed by atoms with E-state index in [0.29, 0.717) is 5.56 Å². The van der Waals surface area contributed by atoms with E-state index in [2.05, 4.69) is 11.2 Å². The lowest BCUT2D eigenvalue weighted by Crippen LogP contribution is -2.01. The molecule has 0 saturated carbocycles. The van der Waals surface area contributed by atoms with Crippen molar-refractivity contribution in [2.75, 3.05) is 13.7 Å². The summed E-state index contributed by atoms with van der Waals surface area (Å²) in [5.74, 6) is 0. The van der Waals surface area contributed by atoms with E-state index >= 15 is 0 Å². The summed E-state index contributed by atoms with van der Waals surface area (Å²) in [7, 11) is 1.70. The summed E-state index contributed by atoms with van der Waals surface area (Å²) >= 11 is 0. The number of nitrogens with zero attached hydrogens (tertiary/aromatic N) is 3. The number of hydrogen-bond acceptors (Lipinski definition) is 3. The number of ether oxygens (including phenoxy) is 1. The molecule has 98 valence electrons. The number of nitriles is 1. The quantitative estimate of drug-likeness (QED) is 0.772. The summed E-state index contributed by atoms with van der Waals surface area (Å²) in [6, 6.07) is 7.88. The van der Waals surface area contributed by atoms with Crippen LogP contribution in [-0.2, 0) is 11.3 Å². The second-order valence-corrected chi connectivity index (χ2v) is 4.48. The molecule has 0 aliphatic heterocycles. The highest BCUT2D eigenvalue weighted by molar-refractivity contribution is 5.67. The summed E-state index contributed by atoms with van der Waals surface area (Å²) in [6.07, 6.45) is 4.80. The lowest BCUT2D eigenvalue weighted by atomic mass is 10.0. The van der Waals surface area contributed by atoms with Gasteiger partial charge in [-0.1, -0.05) is 6.07 Å². The molecule has 0 spiro atoms. The fraction of sp³-hybridized carbons (Fsp3) is 0.333. The van der Waals surface area contributed by atoms with Crippen LogP contribution in [0.4, 0.5) is 0 Å². The van der Waals surface area contributed by atoms with Gasteiger partial charge in [-0.2, -0.15) is 10.4 Å². The molecule has 1 aromatic heterocycles. The van der Waals surface area contributed by atoms with Crippen LogP contribution in [0.2, 0.25) is 0 Å². The number of methoxy groups -OCH3 is 1. The zero-order valence-corrected chi connectivity index (χ0v) is 11.3. The fourth-order valence-electron chi connectivity index (χ4n) is 2.00. The maximum Gasteiger partial charge on any atom is 0.0991 e. The molecule has 0 N–H and O–H groups in total. The highest BCUT2D eigenvalue weighted by Crippen LogP contribution is 2.24. The molecule has 2 aromatic rings. The van der Waals surface area contributed by atoms with Gasteiger partial charge >= 0.3 is 0 Å². The minimum absolute atomic E-state index is 0.674. The predicted octanol–water partition coefficient (Wildman–Crippen LogP) is 2.77. The zero-order valence-electron chi connectivity index (χ0n) is 11.3. The molecule has 19 heavy (non-hydrogen) atoms. The van der Waals surface area contributed by atoms with Gasteiger partial charge in [0.2, 0.25) is 0 Å². The predicted molar refractivity (Wildman–Crippen MR) is 73.6 cm³/mol. The van der Waals surface area contributed by atoms with Crippen LogP contribution in [0.3, 0.4) is 0 Å². The van der Waals surface area contributed by atoms with Crippen LogP contribution in [0, 0.1) is 18.3 Å². The van der Waals surface area contributed by atoms with Crippen LogP contribution >= 0.6 is 0 Å². The molecular formula is C15H17N3O. The summed E-state index contributed by atoms with van der Waals surface area (Å²) in [6.45, 7) is 3.61. The molecule has 0 fully saturated rings. The van der Waals surface area contributed by atoms with E-state index in [1.165, 1.54) is 0 Å². The molecule has 0 saturated heterocycles. The van der Waals surface area contributed by atoms with Crippen molar-refractivity contribution >= 4 is 0 Å². The zero-order chi connectivity index (χ0) is 13.7. The number of aromatic nitrogens is 2. The smallest absolute Gasteiger partial charge is 0.0991 e. The van der Waals surface area contributed by atoms with Gasteiger partial charge in [-0.3, -0.25) is 4.68 Å². The SMILES string of the molecule is COCCCn1cc(-c2cc(C#N)ccc2C)cn1. The summed E-state index contributed by atoms with van der Waals surface area (Å²) in [5, 5.41) is 13.3. The van der Waals surface area contributed by atoms with E-state index in [4.69, 9.17) is 10.00 Å². The van der Waals surface area contributed by atoms with Crippen LogP contribution < -0.4 is 0 Å². The van der Waals surface area contributed by atoms with Gasteiger partial charge in [0.15, 0.2) is 0 Å². The molecule has 1 aromatic carbocycles. The van der Waals surface area contributed by atoms with Crippen molar-refractivity contribution in [1.29, 1.82) is 5.26 Å². The first kappa shape index (κ1) is 13.3. The van der Waals surface area contributed by atoms with Gasteiger partial charge in [0, 0.05) is 32.0 Å². The van der Waals surface area contributed by atoms with Gasteiger partial charge in [-0.05, 0) is 36.6 Å². The van der Waals surface area contributed by atoms with Gasteiger partial charge in [0.05, 0.1) is 17.8 Å². The van der Waals surface area contributed by atoms with Gasteiger partial charge in [0.1, 0.15) is 0 Å². The molecule has 0 aliphatic rings.